The number of likely N-dealkylation sites (tertiary alicyclic amines) is 1. The van der Waals surface area contributed by atoms with Crippen LogP contribution >= 0.6 is 0 Å². The number of rotatable bonds is 3. The van der Waals surface area contributed by atoms with Gasteiger partial charge in [0.15, 0.2) is 0 Å². The Labute approximate surface area is 215 Å². The molecule has 8 nitrogen and oxygen atoms in total. The lowest BCUT2D eigenvalue weighted by molar-refractivity contribution is -0.154. The first kappa shape index (κ1) is 23.9. The molecule has 0 aliphatic carbocycles. The lowest BCUT2D eigenvalue weighted by atomic mass is 9.78. The Kier molecular flexibility index (Phi) is 6.09. The zero-order valence-corrected chi connectivity index (χ0v) is 20.5. The van der Waals surface area contributed by atoms with Crippen LogP contribution in [0.4, 0.5) is 5.69 Å². The second kappa shape index (κ2) is 9.43. The van der Waals surface area contributed by atoms with Gasteiger partial charge in [0.05, 0.1) is 25.2 Å². The average molecular weight is 503 g/mol. The number of amides is 2. The number of hydrogen-bond donors (Lipinski definition) is 1. The summed E-state index contributed by atoms with van der Waals surface area (Å²) in [5.41, 5.74) is -0.622. The molecule has 2 aromatic carbocycles. The van der Waals surface area contributed by atoms with Crippen molar-refractivity contribution in [2.24, 2.45) is 11.8 Å². The molecule has 6 rings (SSSR count). The molecular weight excluding hydrogens is 472 g/mol. The summed E-state index contributed by atoms with van der Waals surface area (Å²) in [6.45, 7) is 0.245. The first-order valence-corrected chi connectivity index (χ1v) is 13.0. The summed E-state index contributed by atoms with van der Waals surface area (Å²) in [6, 6.07) is 12.7. The number of carbonyl (C=O) groups is 3. The number of esters is 1. The van der Waals surface area contributed by atoms with E-state index in [0.717, 1.165) is 30.0 Å². The van der Waals surface area contributed by atoms with Gasteiger partial charge in [-0.15, -0.1) is 0 Å². The van der Waals surface area contributed by atoms with Crippen molar-refractivity contribution < 1.29 is 29.0 Å². The third-order valence-electron chi connectivity index (χ3n) is 7.99. The van der Waals surface area contributed by atoms with Crippen molar-refractivity contribution in [1.29, 1.82) is 0 Å². The van der Waals surface area contributed by atoms with E-state index in [4.69, 9.17) is 9.47 Å². The molecule has 1 N–H and O–H groups in total. The van der Waals surface area contributed by atoms with Gasteiger partial charge in [-0.05, 0) is 42.2 Å². The number of carbonyl (C=O) groups excluding carboxylic acids is 3. The van der Waals surface area contributed by atoms with E-state index >= 15 is 0 Å². The molecule has 0 bridgehead atoms. The second-order valence-electron chi connectivity index (χ2n) is 10.1. The van der Waals surface area contributed by atoms with Gasteiger partial charge in [0.25, 0.3) is 5.91 Å². The minimum absolute atomic E-state index is 0.0292. The van der Waals surface area contributed by atoms with Crippen LogP contribution in [0.1, 0.15) is 19.3 Å². The van der Waals surface area contributed by atoms with Crippen molar-refractivity contribution >= 4 is 34.2 Å². The Morgan fingerprint density at radius 3 is 2.68 bits per heavy atom. The van der Waals surface area contributed by atoms with Crippen LogP contribution in [0.15, 0.2) is 66.8 Å². The largest absolute Gasteiger partial charge is 0.465 e. The fraction of sp³-hybridized carbons (Fsp3) is 0.414. The Morgan fingerprint density at radius 2 is 1.84 bits per heavy atom. The second-order valence-corrected chi connectivity index (χ2v) is 10.1. The Hall–Kier alpha value is -3.49. The average Bonchev–Trinajstić information content (AvgIpc) is 3.28. The zero-order valence-electron chi connectivity index (χ0n) is 20.5. The smallest absolute Gasteiger partial charge is 0.312 e. The number of β-amino-alcohol motifs (C(OH)–C–C–N with tert-alkyl or cyclic N) is 1. The Morgan fingerprint density at radius 1 is 1.00 bits per heavy atom. The number of benzene rings is 2. The molecule has 2 saturated heterocycles. The maximum atomic E-state index is 14.3. The number of fused-ring (bicyclic) bond motifs is 3. The molecule has 1 spiro atoms. The Balaban J connectivity index is 1.44. The van der Waals surface area contributed by atoms with Crippen LogP contribution in [0, 0.1) is 11.8 Å². The van der Waals surface area contributed by atoms with Crippen molar-refractivity contribution in [2.45, 2.75) is 37.0 Å². The summed E-state index contributed by atoms with van der Waals surface area (Å²) in [4.78, 5) is 44.4. The normalized spacial score (nSPS) is 32.5. The number of hydrogen-bond acceptors (Lipinski definition) is 6. The van der Waals surface area contributed by atoms with Crippen LogP contribution < -0.4 is 4.90 Å². The van der Waals surface area contributed by atoms with Gasteiger partial charge < -0.3 is 24.4 Å². The van der Waals surface area contributed by atoms with E-state index in [2.05, 4.69) is 0 Å². The molecule has 5 atom stereocenters. The predicted octanol–water partition coefficient (Wildman–Crippen LogP) is 2.60. The highest BCUT2D eigenvalue weighted by atomic mass is 16.6. The third kappa shape index (κ3) is 3.78. The fourth-order valence-electron chi connectivity index (χ4n) is 6.34. The molecule has 37 heavy (non-hydrogen) atoms. The van der Waals surface area contributed by atoms with Crippen molar-refractivity contribution in [3.05, 3.63) is 66.8 Å². The summed E-state index contributed by atoms with van der Waals surface area (Å²) in [7, 11) is 0. The minimum atomic E-state index is -1.33. The number of ether oxygens (including phenoxy) is 2. The number of anilines is 1. The highest BCUT2D eigenvalue weighted by Gasteiger charge is 2.71. The summed E-state index contributed by atoms with van der Waals surface area (Å²) in [5.74, 6) is -2.93. The van der Waals surface area contributed by atoms with Crippen LogP contribution in [-0.4, -0.2) is 71.8 Å². The standard InChI is InChI=1S/C29H30N2O6/c32-16-15-31-25-27(34)30(21-12-11-19-8-4-5-9-20(19)18-21)14-7-13-29(25)24(26(31)33)23-22(37-29)10-3-1-2-6-17-36-28(23)35/h3-5,7-13,18,22-25,32H,1-2,6,14-17H2/b10-3-/t22-,23+,24-,25?,29-/m0/s1. The summed E-state index contributed by atoms with van der Waals surface area (Å²) >= 11 is 0. The number of aliphatic hydroxyl groups is 1. The maximum absolute atomic E-state index is 14.3. The first-order chi connectivity index (χ1) is 18.0. The SMILES string of the molecule is O=C1OCCCC/C=C\[C@@H]2O[C@]34C=CCN(c5ccc6ccccc6c5)C(=O)C3N(CCO)C(=O)[C@@H]4[C@H]12. The van der Waals surface area contributed by atoms with Gasteiger partial charge in [0, 0.05) is 18.8 Å². The van der Waals surface area contributed by atoms with Crippen LogP contribution in [0.2, 0.25) is 0 Å². The van der Waals surface area contributed by atoms with Crippen LogP contribution in [0.3, 0.4) is 0 Å². The molecule has 4 heterocycles. The van der Waals surface area contributed by atoms with E-state index < -0.39 is 35.6 Å². The summed E-state index contributed by atoms with van der Waals surface area (Å²) < 4.78 is 12.1. The van der Waals surface area contributed by atoms with E-state index in [1.165, 1.54) is 4.90 Å². The number of allylic oxidation sites excluding steroid dienone is 1. The van der Waals surface area contributed by atoms with Crippen molar-refractivity contribution in [3.63, 3.8) is 0 Å². The molecule has 8 heteroatoms. The summed E-state index contributed by atoms with van der Waals surface area (Å²) in [5, 5.41) is 11.9. The van der Waals surface area contributed by atoms with Gasteiger partial charge >= 0.3 is 5.97 Å². The number of aliphatic hydroxyl groups excluding tert-OH is 1. The molecule has 192 valence electrons. The van der Waals surface area contributed by atoms with E-state index in [9.17, 15) is 19.5 Å². The molecule has 1 unspecified atom stereocenters. The van der Waals surface area contributed by atoms with E-state index in [-0.39, 0.29) is 31.6 Å². The molecule has 0 radical (unpaired) electrons. The van der Waals surface area contributed by atoms with Gasteiger partial charge in [-0.2, -0.15) is 0 Å². The van der Waals surface area contributed by atoms with Crippen LogP contribution in [0.5, 0.6) is 0 Å². The molecule has 4 aliphatic heterocycles. The zero-order chi connectivity index (χ0) is 25.6. The lowest BCUT2D eigenvalue weighted by Crippen LogP contribution is -2.55. The molecule has 0 aromatic heterocycles. The van der Waals surface area contributed by atoms with Gasteiger partial charge in [0.1, 0.15) is 17.6 Å². The lowest BCUT2D eigenvalue weighted by Gasteiger charge is -2.35. The first-order valence-electron chi connectivity index (χ1n) is 13.0. The van der Waals surface area contributed by atoms with Gasteiger partial charge in [-0.3, -0.25) is 14.4 Å². The van der Waals surface area contributed by atoms with Crippen molar-refractivity contribution in [3.8, 4) is 0 Å². The highest BCUT2D eigenvalue weighted by Crippen LogP contribution is 2.53. The van der Waals surface area contributed by atoms with Crippen molar-refractivity contribution in [2.75, 3.05) is 31.2 Å². The number of cyclic esters (lactones) is 1. The van der Waals surface area contributed by atoms with Gasteiger partial charge in [-0.25, -0.2) is 0 Å². The summed E-state index contributed by atoms with van der Waals surface area (Å²) in [6.07, 6.45) is 9.25. The van der Waals surface area contributed by atoms with E-state index in [1.54, 1.807) is 11.0 Å². The predicted molar refractivity (Wildman–Crippen MR) is 137 cm³/mol. The topological polar surface area (TPSA) is 96.4 Å². The molecule has 2 amide bonds. The molecular formula is C29H30N2O6. The van der Waals surface area contributed by atoms with Gasteiger partial charge in [0.2, 0.25) is 5.91 Å². The molecule has 2 fully saturated rings. The number of nitrogens with zero attached hydrogens (tertiary/aromatic N) is 2. The maximum Gasteiger partial charge on any atom is 0.312 e. The minimum Gasteiger partial charge on any atom is -0.465 e. The van der Waals surface area contributed by atoms with E-state index in [0.29, 0.717) is 12.2 Å². The van der Waals surface area contributed by atoms with Gasteiger partial charge in [-0.1, -0.05) is 54.6 Å². The highest BCUT2D eigenvalue weighted by molar-refractivity contribution is 6.06. The Bertz CT molecular complexity index is 1300. The fourth-order valence-corrected chi connectivity index (χ4v) is 6.34. The van der Waals surface area contributed by atoms with E-state index in [1.807, 2.05) is 60.7 Å². The van der Waals surface area contributed by atoms with Crippen LogP contribution in [0.25, 0.3) is 10.8 Å². The quantitative estimate of drug-likeness (QED) is 0.512. The molecule has 4 aliphatic rings. The van der Waals surface area contributed by atoms with Crippen LogP contribution in [-0.2, 0) is 23.9 Å². The third-order valence-corrected chi connectivity index (χ3v) is 7.99. The molecule has 2 aromatic rings. The monoisotopic (exact) mass is 502 g/mol. The van der Waals surface area contributed by atoms with Crippen molar-refractivity contribution in [1.82, 2.24) is 4.90 Å². The molecule has 0 saturated carbocycles.